The molecule has 0 aromatic heterocycles. The van der Waals surface area contributed by atoms with E-state index < -0.39 is 18.1 Å². The number of fused-ring (bicyclic) bond motifs is 3. The number of hydrogen-bond donors (Lipinski definition) is 1. The topological polar surface area (TPSA) is 64.6 Å². The van der Waals surface area contributed by atoms with Crippen LogP contribution in [-0.2, 0) is 20.7 Å². The number of ether oxygens (including phenoxy) is 2. The van der Waals surface area contributed by atoms with E-state index in [2.05, 4.69) is 29.6 Å². The number of amides is 1. The second kappa shape index (κ2) is 9.04. The first-order valence-corrected chi connectivity index (χ1v) is 10.3. The second-order valence-corrected chi connectivity index (χ2v) is 7.74. The average Bonchev–Trinajstić information content (AvgIpc) is 3.12. The van der Waals surface area contributed by atoms with Crippen LogP contribution in [0.15, 0.2) is 72.8 Å². The minimum Gasteiger partial charge on any atom is -0.467 e. The van der Waals surface area contributed by atoms with Gasteiger partial charge in [0.1, 0.15) is 12.6 Å². The number of esters is 1. The Kier molecular flexibility index (Phi) is 6.03. The molecule has 5 heteroatoms. The van der Waals surface area contributed by atoms with E-state index in [1.165, 1.54) is 18.2 Å². The molecule has 3 aromatic rings. The normalized spacial score (nSPS) is 13.1. The first-order chi connectivity index (χ1) is 15.1. The van der Waals surface area contributed by atoms with Gasteiger partial charge in [0.05, 0.1) is 7.11 Å². The molecule has 3 aromatic carbocycles. The van der Waals surface area contributed by atoms with Crippen molar-refractivity contribution < 1.29 is 19.1 Å². The fourth-order valence-corrected chi connectivity index (χ4v) is 4.08. The minimum atomic E-state index is -0.816. The molecule has 1 N–H and O–H groups in total. The second-order valence-electron chi connectivity index (χ2n) is 7.74. The quantitative estimate of drug-likeness (QED) is 0.597. The van der Waals surface area contributed by atoms with E-state index in [0.717, 1.165) is 22.3 Å². The number of benzene rings is 3. The molecule has 0 radical (unpaired) electrons. The molecular weight excluding hydrogens is 390 g/mol. The molecule has 158 valence electrons. The first kappa shape index (κ1) is 20.7. The summed E-state index contributed by atoms with van der Waals surface area (Å²) in [5, 5.41) is 2.67. The number of aryl methyl sites for hydroxylation is 1. The lowest BCUT2D eigenvalue weighted by atomic mass is 9.98. The first-order valence-electron chi connectivity index (χ1n) is 10.3. The van der Waals surface area contributed by atoms with E-state index in [-0.39, 0.29) is 12.5 Å². The maximum absolute atomic E-state index is 12.6. The van der Waals surface area contributed by atoms with E-state index in [4.69, 9.17) is 9.47 Å². The Balaban J connectivity index is 1.44. The van der Waals surface area contributed by atoms with Gasteiger partial charge in [0.15, 0.2) is 0 Å². The Morgan fingerprint density at radius 3 is 2.06 bits per heavy atom. The summed E-state index contributed by atoms with van der Waals surface area (Å²) < 4.78 is 10.4. The van der Waals surface area contributed by atoms with E-state index in [1.54, 1.807) is 0 Å². The molecule has 0 unspecified atom stereocenters. The van der Waals surface area contributed by atoms with Crippen LogP contribution in [0.1, 0.15) is 28.2 Å². The molecule has 1 aliphatic carbocycles. The molecule has 0 saturated heterocycles. The third kappa shape index (κ3) is 4.45. The SMILES string of the molecule is COC(=O)[C@@H](Cc1ccc(C)cc1)NC(=O)OCC1c2ccccc2-c2ccccc21. The van der Waals surface area contributed by atoms with Crippen molar-refractivity contribution in [3.8, 4) is 11.1 Å². The van der Waals surface area contributed by atoms with Gasteiger partial charge in [-0.15, -0.1) is 0 Å². The lowest BCUT2D eigenvalue weighted by Crippen LogP contribution is -2.43. The summed E-state index contributed by atoms with van der Waals surface area (Å²) in [6.07, 6.45) is -0.304. The maximum atomic E-state index is 12.6. The summed E-state index contributed by atoms with van der Waals surface area (Å²) in [5.74, 6) is -0.541. The summed E-state index contributed by atoms with van der Waals surface area (Å²) in [6.45, 7) is 2.19. The third-order valence-electron chi connectivity index (χ3n) is 5.68. The van der Waals surface area contributed by atoms with Crippen molar-refractivity contribution in [2.75, 3.05) is 13.7 Å². The molecule has 5 nitrogen and oxygen atoms in total. The monoisotopic (exact) mass is 415 g/mol. The van der Waals surface area contributed by atoms with Crippen molar-refractivity contribution >= 4 is 12.1 Å². The van der Waals surface area contributed by atoms with Gasteiger partial charge in [0.25, 0.3) is 0 Å². The molecule has 0 aliphatic heterocycles. The van der Waals surface area contributed by atoms with Gasteiger partial charge in [-0.1, -0.05) is 78.4 Å². The van der Waals surface area contributed by atoms with Crippen LogP contribution in [0.4, 0.5) is 4.79 Å². The number of carbonyl (C=O) groups is 2. The zero-order valence-electron chi connectivity index (χ0n) is 17.6. The van der Waals surface area contributed by atoms with Crippen molar-refractivity contribution in [2.45, 2.75) is 25.3 Å². The summed E-state index contributed by atoms with van der Waals surface area (Å²) in [4.78, 5) is 24.8. The molecule has 0 heterocycles. The van der Waals surface area contributed by atoms with Crippen LogP contribution in [-0.4, -0.2) is 31.8 Å². The molecule has 4 rings (SSSR count). The molecule has 0 saturated carbocycles. The lowest BCUT2D eigenvalue weighted by Gasteiger charge is -2.18. The van der Waals surface area contributed by atoms with Crippen molar-refractivity contribution in [1.29, 1.82) is 0 Å². The molecule has 1 atom stereocenters. The lowest BCUT2D eigenvalue weighted by molar-refractivity contribution is -0.142. The number of hydrogen-bond acceptors (Lipinski definition) is 4. The van der Waals surface area contributed by atoms with E-state index in [1.807, 2.05) is 55.5 Å². The standard InChI is InChI=1S/C26H25NO4/c1-17-11-13-18(14-12-17)15-24(25(28)30-2)27-26(29)31-16-23-21-9-5-3-7-19(21)20-8-4-6-10-22(20)23/h3-14,23-24H,15-16H2,1-2H3,(H,27,29)/t24-/m1/s1. The Bertz CT molecular complexity index is 1050. The van der Waals surface area contributed by atoms with Gasteiger partial charge in [-0.05, 0) is 34.7 Å². The smallest absolute Gasteiger partial charge is 0.407 e. The van der Waals surface area contributed by atoms with Crippen molar-refractivity contribution in [1.82, 2.24) is 5.32 Å². The van der Waals surface area contributed by atoms with Crippen LogP contribution in [0.5, 0.6) is 0 Å². The minimum absolute atomic E-state index is 0.0353. The molecule has 0 spiro atoms. The van der Waals surface area contributed by atoms with E-state index in [0.29, 0.717) is 6.42 Å². The van der Waals surface area contributed by atoms with Crippen LogP contribution in [0.25, 0.3) is 11.1 Å². The number of alkyl carbamates (subject to hydrolysis) is 1. The number of nitrogens with one attached hydrogen (secondary N) is 1. The largest absolute Gasteiger partial charge is 0.467 e. The van der Waals surface area contributed by atoms with Crippen LogP contribution in [0.2, 0.25) is 0 Å². The molecule has 0 fully saturated rings. The highest BCUT2D eigenvalue weighted by Crippen LogP contribution is 2.44. The van der Waals surface area contributed by atoms with Gasteiger partial charge in [-0.25, -0.2) is 9.59 Å². The zero-order valence-corrected chi connectivity index (χ0v) is 17.6. The summed E-state index contributed by atoms with van der Waals surface area (Å²) >= 11 is 0. The highest BCUT2D eigenvalue weighted by atomic mass is 16.6. The Labute approximate surface area is 182 Å². The Morgan fingerprint density at radius 2 is 1.48 bits per heavy atom. The zero-order chi connectivity index (χ0) is 21.8. The number of rotatable bonds is 6. The maximum Gasteiger partial charge on any atom is 0.407 e. The van der Waals surface area contributed by atoms with E-state index >= 15 is 0 Å². The third-order valence-corrected chi connectivity index (χ3v) is 5.68. The molecule has 31 heavy (non-hydrogen) atoms. The molecule has 1 amide bonds. The van der Waals surface area contributed by atoms with Crippen molar-refractivity contribution in [3.63, 3.8) is 0 Å². The fourth-order valence-electron chi connectivity index (χ4n) is 4.08. The predicted molar refractivity (Wildman–Crippen MR) is 119 cm³/mol. The molecule has 0 bridgehead atoms. The Morgan fingerprint density at radius 1 is 0.903 bits per heavy atom. The summed E-state index contributed by atoms with van der Waals surface area (Å²) in [6, 6.07) is 23.3. The fraction of sp³-hybridized carbons (Fsp3) is 0.231. The summed E-state index contributed by atoms with van der Waals surface area (Å²) in [7, 11) is 1.31. The highest BCUT2D eigenvalue weighted by molar-refractivity contribution is 5.82. The summed E-state index contributed by atoms with van der Waals surface area (Å²) in [5.41, 5.74) is 6.67. The van der Waals surface area contributed by atoms with Gasteiger partial charge in [-0.3, -0.25) is 0 Å². The van der Waals surface area contributed by atoms with E-state index in [9.17, 15) is 9.59 Å². The van der Waals surface area contributed by atoms with Gasteiger partial charge in [-0.2, -0.15) is 0 Å². The Hall–Kier alpha value is -3.60. The average molecular weight is 415 g/mol. The van der Waals surface area contributed by atoms with Crippen LogP contribution >= 0.6 is 0 Å². The van der Waals surface area contributed by atoms with Gasteiger partial charge < -0.3 is 14.8 Å². The van der Waals surface area contributed by atoms with Gasteiger partial charge >= 0.3 is 12.1 Å². The molecular formula is C26H25NO4. The van der Waals surface area contributed by atoms with Gasteiger partial charge in [0.2, 0.25) is 0 Å². The van der Waals surface area contributed by atoms with Crippen LogP contribution in [0, 0.1) is 6.92 Å². The number of carbonyl (C=O) groups excluding carboxylic acids is 2. The van der Waals surface area contributed by atoms with Crippen molar-refractivity contribution in [3.05, 3.63) is 95.1 Å². The molecule has 1 aliphatic rings. The predicted octanol–water partition coefficient (Wildman–Crippen LogP) is 4.62. The highest BCUT2D eigenvalue weighted by Gasteiger charge is 2.30. The van der Waals surface area contributed by atoms with Crippen LogP contribution in [0.3, 0.4) is 0 Å². The van der Waals surface area contributed by atoms with Crippen LogP contribution < -0.4 is 5.32 Å². The number of methoxy groups -OCH3 is 1. The van der Waals surface area contributed by atoms with Gasteiger partial charge in [0, 0.05) is 12.3 Å². The van der Waals surface area contributed by atoms with Crippen molar-refractivity contribution in [2.24, 2.45) is 0 Å².